The number of rotatable bonds is 32. The van der Waals surface area contributed by atoms with Gasteiger partial charge in [-0.1, -0.05) is 204 Å². The van der Waals surface area contributed by atoms with E-state index in [0.29, 0.717) is 5.56 Å². The Kier molecular flexibility index (Phi) is 23.4. The topological polar surface area (TPSA) is 89.5 Å². The first-order chi connectivity index (χ1) is 26.9. The van der Waals surface area contributed by atoms with Gasteiger partial charge in [-0.05, 0) is 53.3 Å². The molecule has 0 spiro atoms. The van der Waals surface area contributed by atoms with Crippen LogP contribution in [0.25, 0.3) is 23.3 Å². The summed E-state index contributed by atoms with van der Waals surface area (Å²) < 4.78 is 0. The first kappa shape index (κ1) is 45.4. The van der Waals surface area contributed by atoms with Gasteiger partial charge in [0.25, 0.3) is 0 Å². The van der Waals surface area contributed by atoms with Crippen LogP contribution in [0.2, 0.25) is 0 Å². The summed E-state index contributed by atoms with van der Waals surface area (Å²) in [6.45, 7) is 6.81. The molecule has 0 bridgehead atoms. The molecule has 7 nitrogen and oxygen atoms in total. The summed E-state index contributed by atoms with van der Waals surface area (Å²) in [4.78, 5) is 23.6. The van der Waals surface area contributed by atoms with Crippen LogP contribution in [0.3, 0.4) is 0 Å². The number of benzene rings is 3. The van der Waals surface area contributed by atoms with Crippen LogP contribution >= 0.6 is 0 Å². The summed E-state index contributed by atoms with van der Waals surface area (Å²) in [6, 6.07) is 21.2. The molecule has 0 N–H and O–H groups in total. The molecule has 0 aliphatic heterocycles. The lowest BCUT2D eigenvalue weighted by Gasteiger charge is -2.25. The van der Waals surface area contributed by atoms with Gasteiger partial charge in [0.15, 0.2) is 0 Å². The monoisotopic (exact) mass is 754 g/mol. The summed E-state index contributed by atoms with van der Waals surface area (Å²) in [5.41, 5.74) is 4.07. The van der Waals surface area contributed by atoms with Gasteiger partial charge < -0.3 is 4.90 Å². The van der Waals surface area contributed by atoms with Gasteiger partial charge in [-0.2, -0.15) is 0 Å². The number of unbranched alkanes of at least 4 members (excludes halogenated alkanes) is 22. The number of nitro groups is 2. The standard InChI is InChI=1S/C48H71N3O4/c1-3-5-7-9-11-13-15-17-19-21-23-25-39-49(40-26-24-22-20-18-16-14-12-10-8-6-4-2)46-36-34-45(35-37-46)44-32-29-42(30-33-44)27-28-43-31-38-47(50(52)53)48(41-43)51(54)55/h27-38,41H,3-26,39-40H2,1-2H3/b28-27+. The smallest absolute Gasteiger partial charge is 0.346 e. The van der Waals surface area contributed by atoms with E-state index < -0.39 is 21.2 Å². The van der Waals surface area contributed by atoms with Crippen LogP contribution in [0.4, 0.5) is 17.1 Å². The molecule has 0 atom stereocenters. The zero-order valence-corrected chi connectivity index (χ0v) is 34.4. The minimum Gasteiger partial charge on any atom is -0.372 e. The quantitative estimate of drug-likeness (QED) is 0.0274. The number of hydrogen-bond donors (Lipinski definition) is 0. The molecule has 55 heavy (non-hydrogen) atoms. The molecule has 0 aliphatic rings. The van der Waals surface area contributed by atoms with Crippen molar-refractivity contribution < 1.29 is 9.85 Å². The van der Waals surface area contributed by atoms with Crippen molar-refractivity contribution in [1.82, 2.24) is 0 Å². The van der Waals surface area contributed by atoms with E-state index in [-0.39, 0.29) is 0 Å². The van der Waals surface area contributed by atoms with Crippen LogP contribution in [0.15, 0.2) is 66.7 Å². The molecule has 302 valence electrons. The molecule has 0 heterocycles. The maximum atomic E-state index is 11.3. The average Bonchev–Trinajstić information content (AvgIpc) is 3.20. The minimum atomic E-state index is -0.728. The summed E-state index contributed by atoms with van der Waals surface area (Å²) in [5.74, 6) is 0. The van der Waals surface area contributed by atoms with Gasteiger partial charge in [0.1, 0.15) is 0 Å². The van der Waals surface area contributed by atoms with Crippen LogP contribution in [0.5, 0.6) is 0 Å². The second-order valence-corrected chi connectivity index (χ2v) is 15.5. The van der Waals surface area contributed by atoms with E-state index in [4.69, 9.17) is 0 Å². The zero-order valence-electron chi connectivity index (χ0n) is 34.4. The molecular weight excluding hydrogens is 683 g/mol. The Hall–Kier alpha value is -4.00. The average molecular weight is 754 g/mol. The Morgan fingerprint density at radius 2 is 0.782 bits per heavy atom. The molecule has 7 heteroatoms. The molecule has 0 fully saturated rings. The molecule has 3 aromatic rings. The van der Waals surface area contributed by atoms with Gasteiger partial charge in [0.05, 0.1) is 9.85 Å². The highest BCUT2D eigenvalue weighted by Gasteiger charge is 2.23. The van der Waals surface area contributed by atoms with Gasteiger partial charge in [-0.3, -0.25) is 20.2 Å². The minimum absolute atomic E-state index is 0.505. The third kappa shape index (κ3) is 18.9. The number of nitrogens with zero attached hydrogens (tertiary/aromatic N) is 3. The van der Waals surface area contributed by atoms with E-state index >= 15 is 0 Å². The fraction of sp³-hybridized carbons (Fsp3) is 0.583. The lowest BCUT2D eigenvalue weighted by molar-refractivity contribution is -0.422. The molecular formula is C48H71N3O4. The number of anilines is 1. The summed E-state index contributed by atoms with van der Waals surface area (Å²) in [7, 11) is 0. The Balaban J connectivity index is 1.50. The summed E-state index contributed by atoms with van der Waals surface area (Å²) in [6.07, 6.45) is 36.5. The largest absolute Gasteiger partial charge is 0.372 e. The zero-order chi connectivity index (χ0) is 39.4. The highest BCUT2D eigenvalue weighted by Crippen LogP contribution is 2.29. The lowest BCUT2D eigenvalue weighted by atomic mass is 10.0. The number of hydrogen-bond acceptors (Lipinski definition) is 5. The number of nitro benzene ring substituents is 2. The van der Waals surface area contributed by atoms with E-state index in [2.05, 4.69) is 55.1 Å². The van der Waals surface area contributed by atoms with Crippen molar-refractivity contribution in [3.63, 3.8) is 0 Å². The highest BCUT2D eigenvalue weighted by atomic mass is 16.6. The van der Waals surface area contributed by atoms with Crippen molar-refractivity contribution in [3.05, 3.63) is 98.1 Å². The van der Waals surface area contributed by atoms with Gasteiger partial charge in [0, 0.05) is 30.9 Å². The lowest BCUT2D eigenvalue weighted by Crippen LogP contribution is -2.25. The van der Waals surface area contributed by atoms with E-state index in [1.807, 2.05) is 18.2 Å². The van der Waals surface area contributed by atoms with Gasteiger partial charge in [0.2, 0.25) is 0 Å². The third-order valence-electron chi connectivity index (χ3n) is 10.9. The first-order valence-corrected chi connectivity index (χ1v) is 22.0. The Morgan fingerprint density at radius 3 is 1.18 bits per heavy atom. The molecule has 3 rings (SSSR count). The van der Waals surface area contributed by atoms with Crippen molar-refractivity contribution >= 4 is 29.2 Å². The summed E-state index contributed by atoms with van der Waals surface area (Å²) in [5, 5.41) is 22.5. The Morgan fingerprint density at radius 1 is 0.436 bits per heavy atom. The van der Waals surface area contributed by atoms with Crippen LogP contribution in [-0.4, -0.2) is 22.9 Å². The van der Waals surface area contributed by atoms with Crippen molar-refractivity contribution in [2.45, 2.75) is 168 Å². The van der Waals surface area contributed by atoms with E-state index in [1.54, 1.807) is 6.08 Å². The first-order valence-electron chi connectivity index (χ1n) is 22.0. The Labute approximate surface area is 333 Å². The molecule has 3 aromatic carbocycles. The summed E-state index contributed by atoms with van der Waals surface area (Å²) >= 11 is 0. The SMILES string of the molecule is CCCCCCCCCCCCCCN(CCCCCCCCCCCCCC)c1ccc(-c2ccc(/C=C/c3ccc([N+](=O)[O-])c([N+](=O)[O-])c3)cc2)cc1. The molecule has 0 unspecified atom stereocenters. The Bertz CT molecular complexity index is 1470. The van der Waals surface area contributed by atoms with Crippen LogP contribution in [-0.2, 0) is 0 Å². The third-order valence-corrected chi connectivity index (χ3v) is 10.9. The van der Waals surface area contributed by atoms with Crippen LogP contribution < -0.4 is 4.90 Å². The van der Waals surface area contributed by atoms with E-state index in [0.717, 1.165) is 24.2 Å². The van der Waals surface area contributed by atoms with Crippen LogP contribution in [0, 0.1) is 20.2 Å². The maximum absolute atomic E-state index is 11.3. The second kappa shape index (κ2) is 28.4. The van der Waals surface area contributed by atoms with E-state index in [9.17, 15) is 20.2 Å². The van der Waals surface area contributed by atoms with Crippen molar-refractivity contribution in [2.75, 3.05) is 18.0 Å². The second-order valence-electron chi connectivity index (χ2n) is 15.5. The van der Waals surface area contributed by atoms with E-state index in [1.165, 1.54) is 184 Å². The molecule has 0 amide bonds. The molecule has 0 radical (unpaired) electrons. The van der Waals surface area contributed by atoms with Gasteiger partial charge >= 0.3 is 11.4 Å². The predicted octanol–water partition coefficient (Wildman–Crippen LogP) is 15.5. The molecule has 0 aromatic heterocycles. The van der Waals surface area contributed by atoms with Crippen molar-refractivity contribution in [3.8, 4) is 11.1 Å². The van der Waals surface area contributed by atoms with Crippen molar-refractivity contribution in [1.29, 1.82) is 0 Å². The van der Waals surface area contributed by atoms with Crippen LogP contribution in [0.1, 0.15) is 179 Å². The normalized spacial score (nSPS) is 11.4. The fourth-order valence-corrected chi connectivity index (χ4v) is 7.45. The molecule has 0 saturated heterocycles. The molecule has 0 saturated carbocycles. The maximum Gasteiger partial charge on any atom is 0.346 e. The molecule has 0 aliphatic carbocycles. The van der Waals surface area contributed by atoms with Crippen molar-refractivity contribution in [2.24, 2.45) is 0 Å². The van der Waals surface area contributed by atoms with Gasteiger partial charge in [-0.25, -0.2) is 0 Å². The van der Waals surface area contributed by atoms with Gasteiger partial charge in [-0.15, -0.1) is 0 Å². The predicted molar refractivity (Wildman–Crippen MR) is 235 cm³/mol. The fourth-order valence-electron chi connectivity index (χ4n) is 7.45. The highest BCUT2D eigenvalue weighted by molar-refractivity contribution is 5.74.